The van der Waals surface area contributed by atoms with Gasteiger partial charge in [0.1, 0.15) is 6.04 Å². The molecular formula is C21H19N5O2S. The molecule has 2 heterocycles. The number of hydrogen-bond acceptors (Lipinski definition) is 4. The number of primary amides is 1. The van der Waals surface area contributed by atoms with Crippen molar-refractivity contribution in [3.05, 3.63) is 77.9 Å². The van der Waals surface area contributed by atoms with Crippen molar-refractivity contribution in [1.29, 1.82) is 0 Å². The van der Waals surface area contributed by atoms with Gasteiger partial charge in [0.2, 0.25) is 5.91 Å². The van der Waals surface area contributed by atoms with Crippen molar-refractivity contribution in [1.82, 2.24) is 14.7 Å². The zero-order valence-electron chi connectivity index (χ0n) is 15.4. The maximum Gasteiger partial charge on any atom is 0.312 e. The topological polar surface area (TPSA) is 102 Å². The summed E-state index contributed by atoms with van der Waals surface area (Å²) in [6.07, 6.45) is 4.27. The minimum Gasteiger partial charge on any atom is -0.352 e. The van der Waals surface area contributed by atoms with Gasteiger partial charge in [0.15, 0.2) is 4.96 Å². The highest BCUT2D eigenvalue weighted by molar-refractivity contribution is 7.15. The van der Waals surface area contributed by atoms with Crippen molar-refractivity contribution in [2.45, 2.75) is 12.5 Å². The number of benzene rings is 2. The summed E-state index contributed by atoms with van der Waals surface area (Å²) in [6.45, 7) is 0. The first-order valence-corrected chi connectivity index (χ1v) is 9.90. The van der Waals surface area contributed by atoms with Crippen molar-refractivity contribution in [3.63, 3.8) is 0 Å². The molecule has 146 valence electrons. The predicted molar refractivity (Wildman–Crippen MR) is 114 cm³/mol. The van der Waals surface area contributed by atoms with Gasteiger partial charge >= 0.3 is 6.03 Å². The number of aromatic nitrogens is 2. The highest BCUT2D eigenvalue weighted by Crippen LogP contribution is 2.23. The molecule has 0 unspecified atom stereocenters. The molecule has 0 spiro atoms. The molecule has 8 heteroatoms. The standard InChI is InChI=1S/C21H19N5O2S/c22-20(28)24-17(12-14-4-2-1-3-5-14)19(27)23-16-8-6-15(7-9-16)18-13-26-10-11-29-21(26)25-18/h1-11,13,17H,12H2,(H,23,27)(H3,22,24,28)/t17-/m0/s1. The Morgan fingerprint density at radius 2 is 1.86 bits per heavy atom. The fraction of sp³-hybridized carbons (Fsp3) is 0.0952. The van der Waals surface area contributed by atoms with Crippen LogP contribution in [0.3, 0.4) is 0 Å². The molecule has 2 aromatic carbocycles. The largest absolute Gasteiger partial charge is 0.352 e. The van der Waals surface area contributed by atoms with E-state index in [1.54, 1.807) is 11.3 Å². The maximum atomic E-state index is 12.7. The third-order valence-corrected chi connectivity index (χ3v) is 5.23. The van der Waals surface area contributed by atoms with E-state index in [0.29, 0.717) is 12.1 Å². The first-order chi connectivity index (χ1) is 14.1. The van der Waals surface area contributed by atoms with E-state index in [4.69, 9.17) is 5.73 Å². The number of fused-ring (bicyclic) bond motifs is 1. The summed E-state index contributed by atoms with van der Waals surface area (Å²) in [5, 5.41) is 7.33. The number of anilines is 1. The number of carbonyl (C=O) groups excluding carboxylic acids is 2. The van der Waals surface area contributed by atoms with Crippen LogP contribution in [0, 0.1) is 0 Å². The molecule has 0 bridgehead atoms. The van der Waals surface area contributed by atoms with Gasteiger partial charge in [0, 0.05) is 35.4 Å². The lowest BCUT2D eigenvalue weighted by atomic mass is 10.1. The van der Waals surface area contributed by atoms with Crippen LogP contribution in [0.15, 0.2) is 72.4 Å². The van der Waals surface area contributed by atoms with E-state index in [2.05, 4.69) is 15.6 Å². The zero-order valence-corrected chi connectivity index (χ0v) is 16.2. The summed E-state index contributed by atoms with van der Waals surface area (Å²) in [6, 6.07) is 15.4. The Kier molecular flexibility index (Phi) is 5.26. The molecule has 2 aromatic heterocycles. The molecule has 0 radical (unpaired) electrons. The van der Waals surface area contributed by atoms with Crippen molar-refractivity contribution < 1.29 is 9.59 Å². The van der Waals surface area contributed by atoms with Crippen LogP contribution in [0.5, 0.6) is 0 Å². The van der Waals surface area contributed by atoms with E-state index >= 15 is 0 Å². The van der Waals surface area contributed by atoms with Crippen molar-refractivity contribution in [2.75, 3.05) is 5.32 Å². The number of carbonyl (C=O) groups is 2. The summed E-state index contributed by atoms with van der Waals surface area (Å²) in [5.74, 6) is -0.331. The lowest BCUT2D eigenvalue weighted by molar-refractivity contribution is -0.117. The number of amides is 3. The Morgan fingerprint density at radius 1 is 1.10 bits per heavy atom. The first kappa shape index (κ1) is 18.7. The fourth-order valence-corrected chi connectivity index (χ4v) is 3.75. The van der Waals surface area contributed by atoms with E-state index in [9.17, 15) is 9.59 Å². The average molecular weight is 405 g/mol. The third kappa shape index (κ3) is 4.44. The number of hydrogen-bond donors (Lipinski definition) is 3. The van der Waals surface area contributed by atoms with Gasteiger partial charge in [-0.2, -0.15) is 0 Å². The summed E-state index contributed by atoms with van der Waals surface area (Å²) in [4.78, 5) is 29.5. The van der Waals surface area contributed by atoms with Crippen LogP contribution in [0.1, 0.15) is 5.56 Å². The van der Waals surface area contributed by atoms with E-state index < -0.39 is 12.1 Å². The molecule has 3 amide bonds. The Hall–Kier alpha value is -3.65. The molecule has 0 aliphatic carbocycles. The normalized spacial score (nSPS) is 11.9. The molecule has 0 aliphatic rings. The second-order valence-electron chi connectivity index (χ2n) is 6.54. The molecule has 1 atom stereocenters. The van der Waals surface area contributed by atoms with Gasteiger partial charge in [-0.05, 0) is 17.7 Å². The van der Waals surface area contributed by atoms with Gasteiger partial charge in [-0.15, -0.1) is 11.3 Å². The third-order valence-electron chi connectivity index (χ3n) is 4.46. The molecule has 0 aliphatic heterocycles. The number of nitrogens with two attached hydrogens (primary N) is 1. The Balaban J connectivity index is 1.46. The Morgan fingerprint density at radius 3 is 2.55 bits per heavy atom. The highest BCUT2D eigenvalue weighted by atomic mass is 32.1. The van der Waals surface area contributed by atoms with E-state index in [0.717, 1.165) is 21.8 Å². The second-order valence-corrected chi connectivity index (χ2v) is 7.41. The van der Waals surface area contributed by atoms with Crippen molar-refractivity contribution in [2.24, 2.45) is 5.73 Å². The first-order valence-electron chi connectivity index (χ1n) is 9.02. The van der Waals surface area contributed by atoms with Gasteiger partial charge in [-0.25, -0.2) is 9.78 Å². The molecular weight excluding hydrogens is 386 g/mol. The molecule has 0 saturated carbocycles. The van der Waals surface area contributed by atoms with E-state index in [1.807, 2.05) is 76.8 Å². The Labute approximate surface area is 171 Å². The van der Waals surface area contributed by atoms with E-state index in [1.165, 1.54) is 0 Å². The average Bonchev–Trinajstić information content (AvgIpc) is 3.31. The van der Waals surface area contributed by atoms with Crippen molar-refractivity contribution >= 4 is 33.9 Å². The minimum absolute atomic E-state index is 0.331. The van der Waals surface area contributed by atoms with Gasteiger partial charge < -0.3 is 16.4 Å². The molecule has 29 heavy (non-hydrogen) atoms. The van der Waals surface area contributed by atoms with Gasteiger partial charge in [0.05, 0.1) is 5.69 Å². The summed E-state index contributed by atoms with van der Waals surface area (Å²) >= 11 is 1.57. The number of nitrogens with zero attached hydrogens (tertiary/aromatic N) is 2. The molecule has 7 nitrogen and oxygen atoms in total. The monoisotopic (exact) mass is 405 g/mol. The Bertz CT molecular complexity index is 1110. The van der Waals surface area contributed by atoms with Crippen LogP contribution in [0.2, 0.25) is 0 Å². The fourth-order valence-electron chi connectivity index (χ4n) is 3.05. The molecule has 4 N–H and O–H groups in total. The lowest BCUT2D eigenvalue weighted by Gasteiger charge is -2.17. The van der Waals surface area contributed by atoms with Crippen LogP contribution >= 0.6 is 11.3 Å². The number of rotatable bonds is 6. The van der Waals surface area contributed by atoms with E-state index in [-0.39, 0.29) is 5.91 Å². The smallest absolute Gasteiger partial charge is 0.312 e. The lowest BCUT2D eigenvalue weighted by Crippen LogP contribution is -2.47. The predicted octanol–water partition coefficient (Wildman–Crippen LogP) is 3.28. The van der Waals surface area contributed by atoms with Gasteiger partial charge in [0.25, 0.3) is 0 Å². The molecule has 4 aromatic rings. The summed E-state index contributed by atoms with van der Waals surface area (Å²) < 4.78 is 1.97. The SMILES string of the molecule is NC(=O)N[C@@H](Cc1ccccc1)C(=O)Nc1ccc(-c2cn3ccsc3n2)cc1. The number of urea groups is 1. The highest BCUT2D eigenvalue weighted by Gasteiger charge is 2.20. The summed E-state index contributed by atoms with van der Waals surface area (Å²) in [7, 11) is 0. The van der Waals surface area contributed by atoms with Crippen LogP contribution in [0.25, 0.3) is 16.2 Å². The zero-order chi connectivity index (χ0) is 20.2. The quantitative estimate of drug-likeness (QED) is 0.459. The molecule has 0 saturated heterocycles. The number of imidazole rings is 1. The maximum absolute atomic E-state index is 12.7. The van der Waals surface area contributed by atoms with Crippen LogP contribution in [-0.2, 0) is 11.2 Å². The number of nitrogens with one attached hydrogen (secondary N) is 2. The van der Waals surface area contributed by atoms with Crippen molar-refractivity contribution in [3.8, 4) is 11.3 Å². The van der Waals surface area contributed by atoms with Crippen LogP contribution in [-0.4, -0.2) is 27.4 Å². The number of thiazole rings is 1. The van der Waals surface area contributed by atoms with Gasteiger partial charge in [-0.3, -0.25) is 9.20 Å². The molecule has 4 rings (SSSR count). The van der Waals surface area contributed by atoms with Gasteiger partial charge in [-0.1, -0.05) is 42.5 Å². The second kappa shape index (κ2) is 8.15. The summed E-state index contributed by atoms with van der Waals surface area (Å²) in [5.41, 5.74) is 8.62. The van der Waals surface area contributed by atoms with Crippen LogP contribution < -0.4 is 16.4 Å². The van der Waals surface area contributed by atoms with Crippen LogP contribution in [0.4, 0.5) is 10.5 Å². The minimum atomic E-state index is -0.769. The molecule has 0 fully saturated rings.